The first-order valence-electron chi connectivity index (χ1n) is 9.55. The fourth-order valence-electron chi connectivity index (χ4n) is 3.43. The molecule has 1 saturated heterocycles. The van der Waals surface area contributed by atoms with Crippen LogP contribution in [0, 0.1) is 17.8 Å². The molecule has 1 aliphatic rings. The third kappa shape index (κ3) is 4.80. The van der Waals surface area contributed by atoms with Crippen LogP contribution in [0.1, 0.15) is 54.5 Å². The molecular formula is C22H27N3O3. The second-order valence-corrected chi connectivity index (χ2v) is 7.86. The van der Waals surface area contributed by atoms with E-state index in [2.05, 4.69) is 16.8 Å². The predicted molar refractivity (Wildman–Crippen MR) is 106 cm³/mol. The minimum absolute atomic E-state index is 0.0307. The number of rotatable bonds is 3. The van der Waals surface area contributed by atoms with Crippen LogP contribution in [0.5, 0.6) is 0 Å². The number of hydrogen-bond acceptors (Lipinski definition) is 4. The van der Waals surface area contributed by atoms with Gasteiger partial charge in [0.15, 0.2) is 0 Å². The van der Waals surface area contributed by atoms with Crippen LogP contribution < -0.4 is 0 Å². The van der Waals surface area contributed by atoms with E-state index in [0.29, 0.717) is 30.0 Å². The molecule has 1 amide bonds. The average molecular weight is 381 g/mol. The van der Waals surface area contributed by atoms with Crippen LogP contribution in [0.4, 0.5) is 0 Å². The lowest BCUT2D eigenvalue weighted by molar-refractivity contribution is 0.0420. The summed E-state index contributed by atoms with van der Waals surface area (Å²) >= 11 is 0. The molecule has 148 valence electrons. The summed E-state index contributed by atoms with van der Waals surface area (Å²) in [5.74, 6) is 6.41. The molecule has 1 fully saturated rings. The van der Waals surface area contributed by atoms with Gasteiger partial charge in [0.1, 0.15) is 17.5 Å². The smallest absolute Gasteiger partial charge is 0.253 e. The Labute approximate surface area is 165 Å². The van der Waals surface area contributed by atoms with Gasteiger partial charge in [-0.2, -0.15) is 0 Å². The van der Waals surface area contributed by atoms with Crippen LogP contribution in [-0.4, -0.2) is 49.3 Å². The summed E-state index contributed by atoms with van der Waals surface area (Å²) in [6, 6.07) is 7.17. The van der Waals surface area contributed by atoms with Gasteiger partial charge in [-0.3, -0.25) is 4.79 Å². The van der Waals surface area contributed by atoms with Crippen LogP contribution in [0.3, 0.4) is 0 Å². The minimum atomic E-state index is -1.07. The van der Waals surface area contributed by atoms with Crippen molar-refractivity contribution in [3.63, 3.8) is 0 Å². The Morgan fingerprint density at radius 2 is 2.04 bits per heavy atom. The molecule has 1 atom stereocenters. The number of aliphatic hydroxyl groups is 2. The maximum Gasteiger partial charge on any atom is 0.253 e. The Hall–Kier alpha value is -2.62. The van der Waals surface area contributed by atoms with Gasteiger partial charge in [0.05, 0.1) is 0 Å². The second-order valence-electron chi connectivity index (χ2n) is 7.86. The second kappa shape index (κ2) is 8.17. The normalized spacial score (nSPS) is 16.4. The van der Waals surface area contributed by atoms with Gasteiger partial charge in [-0.25, -0.2) is 4.98 Å². The zero-order valence-electron chi connectivity index (χ0n) is 16.6. The average Bonchev–Trinajstić information content (AvgIpc) is 3.11. The first-order chi connectivity index (χ1) is 13.2. The highest BCUT2D eigenvalue weighted by Gasteiger charge is 2.30. The number of benzene rings is 1. The molecule has 0 aliphatic carbocycles. The van der Waals surface area contributed by atoms with Crippen molar-refractivity contribution in [1.29, 1.82) is 0 Å². The fraction of sp³-hybridized carbons (Fsp3) is 0.455. The molecule has 1 aromatic carbocycles. The topological polar surface area (TPSA) is 78.6 Å². The number of imidazole rings is 1. The van der Waals surface area contributed by atoms with Crippen LogP contribution >= 0.6 is 0 Å². The van der Waals surface area contributed by atoms with Gasteiger partial charge in [-0.15, -0.1) is 0 Å². The van der Waals surface area contributed by atoms with Crippen LogP contribution in [0.15, 0.2) is 36.7 Å². The van der Waals surface area contributed by atoms with Crippen molar-refractivity contribution in [2.45, 2.75) is 38.4 Å². The van der Waals surface area contributed by atoms with Crippen molar-refractivity contribution >= 4 is 5.91 Å². The van der Waals surface area contributed by atoms with E-state index in [-0.39, 0.29) is 11.8 Å². The van der Waals surface area contributed by atoms with Gasteiger partial charge >= 0.3 is 0 Å². The van der Waals surface area contributed by atoms with Gasteiger partial charge in [0.25, 0.3) is 5.91 Å². The van der Waals surface area contributed by atoms with E-state index in [1.807, 2.05) is 28.8 Å². The SMILES string of the molecule is Cn1ccnc1C(O)C1CCN(C(=O)c2cccc(C#CC(C)(C)O)c2)CC1. The molecule has 6 nitrogen and oxygen atoms in total. The predicted octanol–water partition coefficient (Wildman–Crippen LogP) is 2.13. The van der Waals surface area contributed by atoms with Gasteiger partial charge in [-0.05, 0) is 50.8 Å². The first kappa shape index (κ1) is 20.1. The molecule has 2 aromatic rings. The zero-order chi connectivity index (χ0) is 20.3. The Morgan fingerprint density at radius 3 is 2.64 bits per heavy atom. The molecule has 1 aliphatic heterocycles. The molecule has 28 heavy (non-hydrogen) atoms. The van der Waals surface area contributed by atoms with Crippen molar-refractivity contribution in [1.82, 2.24) is 14.5 Å². The summed E-state index contributed by atoms with van der Waals surface area (Å²) in [5.41, 5.74) is 0.217. The molecule has 2 N–H and O–H groups in total. The summed E-state index contributed by atoms with van der Waals surface area (Å²) in [4.78, 5) is 18.9. The quantitative estimate of drug-likeness (QED) is 0.799. The number of aliphatic hydroxyl groups excluding tert-OH is 1. The Kier molecular flexibility index (Phi) is 5.87. The number of aromatic nitrogens is 2. The number of likely N-dealkylation sites (tertiary alicyclic amines) is 1. The number of hydrogen-bond donors (Lipinski definition) is 2. The lowest BCUT2D eigenvalue weighted by Crippen LogP contribution is -2.40. The van der Waals surface area contributed by atoms with E-state index >= 15 is 0 Å². The molecule has 0 bridgehead atoms. The maximum absolute atomic E-state index is 12.9. The molecule has 0 saturated carbocycles. The highest BCUT2D eigenvalue weighted by molar-refractivity contribution is 5.94. The lowest BCUT2D eigenvalue weighted by atomic mass is 9.90. The summed E-state index contributed by atoms with van der Waals surface area (Å²) in [6.07, 6.45) is 4.36. The van der Waals surface area contributed by atoms with E-state index in [1.54, 1.807) is 38.2 Å². The van der Waals surface area contributed by atoms with E-state index in [4.69, 9.17) is 0 Å². The number of carbonyl (C=O) groups is 1. The van der Waals surface area contributed by atoms with E-state index in [1.165, 1.54) is 0 Å². The molecule has 1 aromatic heterocycles. The largest absolute Gasteiger partial charge is 0.385 e. The molecule has 1 unspecified atom stereocenters. The third-order valence-corrected chi connectivity index (χ3v) is 5.02. The van der Waals surface area contributed by atoms with Crippen molar-refractivity contribution in [2.75, 3.05) is 13.1 Å². The monoisotopic (exact) mass is 381 g/mol. The van der Waals surface area contributed by atoms with Gasteiger partial charge in [-0.1, -0.05) is 17.9 Å². The standard InChI is InChI=1S/C22H27N3O3/c1-22(2,28)10-7-16-5-4-6-18(15-16)21(27)25-12-8-17(9-13-25)19(26)20-23-11-14-24(20)3/h4-6,11,14-15,17,19,26,28H,8-9,12-13H2,1-3H3. The van der Waals surface area contributed by atoms with Gasteiger partial charge in [0.2, 0.25) is 0 Å². The molecule has 6 heteroatoms. The summed E-state index contributed by atoms with van der Waals surface area (Å²) < 4.78 is 1.84. The Bertz CT molecular complexity index is 893. The van der Waals surface area contributed by atoms with Crippen LogP contribution in [0.2, 0.25) is 0 Å². The summed E-state index contributed by atoms with van der Waals surface area (Å²) in [7, 11) is 1.87. The van der Waals surface area contributed by atoms with Crippen LogP contribution in [-0.2, 0) is 7.05 Å². The number of amides is 1. The minimum Gasteiger partial charge on any atom is -0.385 e. The van der Waals surface area contributed by atoms with Crippen molar-refractivity contribution in [3.05, 3.63) is 53.6 Å². The number of aryl methyl sites for hydroxylation is 1. The fourth-order valence-corrected chi connectivity index (χ4v) is 3.43. The van der Waals surface area contributed by atoms with Crippen molar-refractivity contribution in [3.8, 4) is 11.8 Å². The number of piperidine rings is 1. The Balaban J connectivity index is 1.64. The molecular weight excluding hydrogens is 354 g/mol. The van der Waals surface area contributed by atoms with Crippen LogP contribution in [0.25, 0.3) is 0 Å². The van der Waals surface area contributed by atoms with E-state index < -0.39 is 11.7 Å². The maximum atomic E-state index is 12.9. The third-order valence-electron chi connectivity index (χ3n) is 5.02. The molecule has 3 rings (SSSR count). The highest BCUT2D eigenvalue weighted by Crippen LogP contribution is 2.30. The highest BCUT2D eigenvalue weighted by atomic mass is 16.3. The molecule has 2 heterocycles. The van der Waals surface area contributed by atoms with E-state index in [9.17, 15) is 15.0 Å². The Morgan fingerprint density at radius 1 is 1.32 bits per heavy atom. The van der Waals surface area contributed by atoms with Crippen molar-refractivity contribution in [2.24, 2.45) is 13.0 Å². The number of carbonyl (C=O) groups excluding carboxylic acids is 1. The van der Waals surface area contributed by atoms with E-state index in [0.717, 1.165) is 12.8 Å². The first-order valence-corrected chi connectivity index (χ1v) is 9.55. The zero-order valence-corrected chi connectivity index (χ0v) is 16.6. The molecule has 0 radical (unpaired) electrons. The number of nitrogens with zero attached hydrogens (tertiary/aromatic N) is 3. The van der Waals surface area contributed by atoms with Gasteiger partial charge in [0, 0.05) is 43.7 Å². The molecule has 0 spiro atoms. The van der Waals surface area contributed by atoms with Gasteiger partial charge < -0.3 is 19.7 Å². The lowest BCUT2D eigenvalue weighted by Gasteiger charge is -2.34. The van der Waals surface area contributed by atoms with Crippen molar-refractivity contribution < 1.29 is 15.0 Å². The summed E-state index contributed by atoms with van der Waals surface area (Å²) in [6.45, 7) is 4.45. The summed E-state index contributed by atoms with van der Waals surface area (Å²) in [5, 5.41) is 20.3.